The predicted octanol–water partition coefficient (Wildman–Crippen LogP) is 3.63. The Balaban J connectivity index is 1.62. The van der Waals surface area contributed by atoms with Gasteiger partial charge >= 0.3 is 0 Å². The molecule has 0 amide bonds. The Morgan fingerprint density at radius 1 is 1.20 bits per heavy atom. The molecule has 3 heteroatoms. The normalized spacial score (nSPS) is 33.0. The lowest BCUT2D eigenvalue weighted by Crippen LogP contribution is -2.50. The fraction of sp³-hybridized carbons (Fsp3) is 0.765. The summed E-state index contributed by atoms with van der Waals surface area (Å²) in [5.41, 5.74) is 0. The standard InChI is InChI=1S/C17H28N2O/c1-13(17-10-6-12-20-17)19-16-9-3-2-7-14(16)15-8-4-5-11-18-15/h6,10,12-16,18-19H,2-5,7-9,11H2,1H3/t13-,14?,15?,16?/m0/s1. The van der Waals surface area contributed by atoms with Gasteiger partial charge in [0.25, 0.3) is 0 Å². The number of furan rings is 1. The molecule has 1 aromatic rings. The highest BCUT2D eigenvalue weighted by atomic mass is 16.3. The summed E-state index contributed by atoms with van der Waals surface area (Å²) in [5, 5.41) is 7.60. The van der Waals surface area contributed by atoms with Gasteiger partial charge in [-0.3, -0.25) is 0 Å². The fourth-order valence-electron chi connectivity index (χ4n) is 4.03. The highest BCUT2D eigenvalue weighted by Crippen LogP contribution is 2.32. The van der Waals surface area contributed by atoms with E-state index in [1.54, 1.807) is 6.26 Å². The van der Waals surface area contributed by atoms with Gasteiger partial charge in [0.15, 0.2) is 0 Å². The van der Waals surface area contributed by atoms with Crippen LogP contribution in [0.5, 0.6) is 0 Å². The van der Waals surface area contributed by atoms with E-state index in [-0.39, 0.29) is 0 Å². The maximum Gasteiger partial charge on any atom is 0.120 e. The molecule has 1 saturated carbocycles. The van der Waals surface area contributed by atoms with E-state index in [0.29, 0.717) is 12.1 Å². The molecule has 0 bridgehead atoms. The molecule has 20 heavy (non-hydrogen) atoms. The van der Waals surface area contributed by atoms with E-state index in [9.17, 15) is 0 Å². The highest BCUT2D eigenvalue weighted by molar-refractivity contribution is 5.04. The van der Waals surface area contributed by atoms with Gasteiger partial charge in [0.1, 0.15) is 5.76 Å². The number of hydrogen-bond acceptors (Lipinski definition) is 3. The van der Waals surface area contributed by atoms with Crippen LogP contribution < -0.4 is 10.6 Å². The molecule has 3 rings (SSSR count). The van der Waals surface area contributed by atoms with Crippen LogP contribution in [0.25, 0.3) is 0 Å². The van der Waals surface area contributed by atoms with Gasteiger partial charge in [0.2, 0.25) is 0 Å². The number of hydrogen-bond donors (Lipinski definition) is 2. The van der Waals surface area contributed by atoms with E-state index in [2.05, 4.69) is 23.6 Å². The summed E-state index contributed by atoms with van der Waals surface area (Å²) >= 11 is 0. The van der Waals surface area contributed by atoms with Crippen molar-refractivity contribution in [3.05, 3.63) is 24.2 Å². The van der Waals surface area contributed by atoms with Gasteiger partial charge in [-0.15, -0.1) is 0 Å². The summed E-state index contributed by atoms with van der Waals surface area (Å²) in [6, 6.07) is 5.74. The Morgan fingerprint density at radius 2 is 2.05 bits per heavy atom. The summed E-state index contributed by atoms with van der Waals surface area (Å²) in [4.78, 5) is 0. The molecule has 0 radical (unpaired) electrons. The van der Waals surface area contributed by atoms with E-state index >= 15 is 0 Å². The second kappa shape index (κ2) is 6.77. The molecule has 1 saturated heterocycles. The van der Waals surface area contributed by atoms with E-state index < -0.39 is 0 Å². The third kappa shape index (κ3) is 3.26. The minimum Gasteiger partial charge on any atom is -0.468 e. The monoisotopic (exact) mass is 276 g/mol. The van der Waals surface area contributed by atoms with Crippen molar-refractivity contribution in [2.45, 2.75) is 70.0 Å². The van der Waals surface area contributed by atoms with Crippen LogP contribution in [0.15, 0.2) is 22.8 Å². The third-order valence-electron chi connectivity index (χ3n) is 5.12. The van der Waals surface area contributed by atoms with Gasteiger partial charge in [-0.25, -0.2) is 0 Å². The SMILES string of the molecule is C[C@H](NC1CCCCC1C1CCCCN1)c1ccco1. The Kier molecular flexibility index (Phi) is 4.79. The van der Waals surface area contributed by atoms with Gasteiger partial charge in [-0.1, -0.05) is 19.3 Å². The van der Waals surface area contributed by atoms with Gasteiger partial charge < -0.3 is 15.1 Å². The minimum absolute atomic E-state index is 0.319. The van der Waals surface area contributed by atoms with Crippen LogP contribution in [0.1, 0.15) is 63.7 Å². The first kappa shape index (κ1) is 14.2. The zero-order valence-corrected chi connectivity index (χ0v) is 12.6. The van der Waals surface area contributed by atoms with Gasteiger partial charge in [0, 0.05) is 12.1 Å². The molecule has 112 valence electrons. The van der Waals surface area contributed by atoms with E-state index in [0.717, 1.165) is 17.7 Å². The Bertz CT molecular complexity index is 384. The first-order valence-electron chi connectivity index (χ1n) is 8.37. The molecule has 4 atom stereocenters. The van der Waals surface area contributed by atoms with Crippen molar-refractivity contribution in [2.75, 3.05) is 6.54 Å². The summed E-state index contributed by atoms with van der Waals surface area (Å²) < 4.78 is 5.54. The van der Waals surface area contributed by atoms with E-state index in [1.165, 1.54) is 51.5 Å². The van der Waals surface area contributed by atoms with Crippen molar-refractivity contribution in [2.24, 2.45) is 5.92 Å². The summed E-state index contributed by atoms with van der Waals surface area (Å²) in [6.45, 7) is 3.43. The van der Waals surface area contributed by atoms with Crippen molar-refractivity contribution >= 4 is 0 Å². The Hall–Kier alpha value is -0.800. The molecule has 3 nitrogen and oxygen atoms in total. The van der Waals surface area contributed by atoms with E-state index in [1.807, 2.05) is 6.07 Å². The minimum atomic E-state index is 0.319. The Labute approximate surface area is 122 Å². The topological polar surface area (TPSA) is 37.2 Å². The molecular weight excluding hydrogens is 248 g/mol. The van der Waals surface area contributed by atoms with Crippen LogP contribution in [-0.4, -0.2) is 18.6 Å². The molecule has 3 unspecified atom stereocenters. The maximum atomic E-state index is 5.54. The molecule has 1 aliphatic heterocycles. The predicted molar refractivity (Wildman–Crippen MR) is 81.6 cm³/mol. The summed E-state index contributed by atoms with van der Waals surface area (Å²) in [7, 11) is 0. The molecule has 0 aromatic carbocycles. The first-order chi connectivity index (χ1) is 9.84. The quantitative estimate of drug-likeness (QED) is 0.882. The molecule has 1 aromatic heterocycles. The van der Waals surface area contributed by atoms with Gasteiger partial charge in [0.05, 0.1) is 12.3 Å². The maximum absolute atomic E-state index is 5.54. The average Bonchev–Trinajstić information content (AvgIpc) is 3.03. The zero-order chi connectivity index (χ0) is 13.8. The van der Waals surface area contributed by atoms with Gasteiger partial charge in [-0.05, 0) is 57.2 Å². The zero-order valence-electron chi connectivity index (χ0n) is 12.6. The smallest absolute Gasteiger partial charge is 0.120 e. The molecule has 1 aliphatic carbocycles. The number of nitrogens with one attached hydrogen (secondary N) is 2. The summed E-state index contributed by atoms with van der Waals surface area (Å²) in [5.74, 6) is 1.85. The molecule has 2 heterocycles. The lowest BCUT2D eigenvalue weighted by Gasteiger charge is -2.40. The van der Waals surface area contributed by atoms with Crippen molar-refractivity contribution < 1.29 is 4.42 Å². The number of piperidine rings is 1. The van der Waals surface area contributed by atoms with Crippen molar-refractivity contribution in [1.29, 1.82) is 0 Å². The Morgan fingerprint density at radius 3 is 2.80 bits per heavy atom. The van der Waals surface area contributed by atoms with Crippen LogP contribution in [0, 0.1) is 5.92 Å². The lowest BCUT2D eigenvalue weighted by atomic mass is 9.77. The van der Waals surface area contributed by atoms with Crippen LogP contribution in [-0.2, 0) is 0 Å². The molecule has 2 N–H and O–H groups in total. The van der Waals surface area contributed by atoms with Crippen LogP contribution in [0.2, 0.25) is 0 Å². The average molecular weight is 276 g/mol. The van der Waals surface area contributed by atoms with Crippen LogP contribution in [0.4, 0.5) is 0 Å². The van der Waals surface area contributed by atoms with Crippen molar-refractivity contribution in [3.63, 3.8) is 0 Å². The van der Waals surface area contributed by atoms with E-state index in [4.69, 9.17) is 4.42 Å². The second-order valence-electron chi connectivity index (χ2n) is 6.51. The number of rotatable bonds is 4. The van der Waals surface area contributed by atoms with Crippen molar-refractivity contribution in [3.8, 4) is 0 Å². The lowest BCUT2D eigenvalue weighted by molar-refractivity contribution is 0.170. The van der Waals surface area contributed by atoms with Crippen LogP contribution >= 0.6 is 0 Å². The third-order valence-corrected chi connectivity index (χ3v) is 5.12. The molecule has 0 spiro atoms. The highest BCUT2D eigenvalue weighted by Gasteiger charge is 2.33. The molecule has 2 aliphatic rings. The second-order valence-corrected chi connectivity index (χ2v) is 6.51. The molecular formula is C17H28N2O. The van der Waals surface area contributed by atoms with Crippen LogP contribution in [0.3, 0.4) is 0 Å². The molecule has 2 fully saturated rings. The fourth-order valence-corrected chi connectivity index (χ4v) is 4.03. The largest absolute Gasteiger partial charge is 0.468 e. The first-order valence-corrected chi connectivity index (χ1v) is 8.37. The summed E-state index contributed by atoms with van der Waals surface area (Å²) in [6.07, 6.45) is 11.3. The van der Waals surface area contributed by atoms with Gasteiger partial charge in [-0.2, -0.15) is 0 Å². The van der Waals surface area contributed by atoms with Crippen molar-refractivity contribution in [1.82, 2.24) is 10.6 Å².